The lowest BCUT2D eigenvalue weighted by Crippen LogP contribution is -2.03. The first kappa shape index (κ1) is 15.1. The molecule has 0 aliphatic carbocycles. The third-order valence-corrected chi connectivity index (χ3v) is 3.92. The van der Waals surface area contributed by atoms with Crippen LogP contribution in [-0.2, 0) is 6.18 Å². The molecule has 8 heteroatoms. The van der Waals surface area contributed by atoms with Gasteiger partial charge in [-0.3, -0.25) is 0 Å². The SMILES string of the molecule is COc1ccc(C(O)c2cnc(C(F)(F)F)s2)cc1Cl. The summed E-state index contributed by atoms with van der Waals surface area (Å²) in [5.41, 5.74) is 0.369. The van der Waals surface area contributed by atoms with Crippen molar-refractivity contribution in [2.24, 2.45) is 0 Å². The summed E-state index contributed by atoms with van der Waals surface area (Å²) in [7, 11) is 1.44. The Balaban J connectivity index is 2.29. The van der Waals surface area contributed by atoms with E-state index >= 15 is 0 Å². The van der Waals surface area contributed by atoms with E-state index in [4.69, 9.17) is 16.3 Å². The highest BCUT2D eigenvalue weighted by molar-refractivity contribution is 7.11. The van der Waals surface area contributed by atoms with Gasteiger partial charge in [-0.2, -0.15) is 13.2 Å². The molecule has 0 bridgehead atoms. The van der Waals surface area contributed by atoms with Crippen LogP contribution in [0.4, 0.5) is 13.2 Å². The minimum atomic E-state index is -4.51. The van der Waals surface area contributed by atoms with Crippen molar-refractivity contribution in [1.29, 1.82) is 0 Å². The maximum atomic E-state index is 12.5. The predicted molar refractivity (Wildman–Crippen MR) is 69.2 cm³/mol. The van der Waals surface area contributed by atoms with Gasteiger partial charge in [0.1, 0.15) is 11.9 Å². The molecule has 2 aromatic rings. The van der Waals surface area contributed by atoms with Gasteiger partial charge >= 0.3 is 6.18 Å². The molecule has 108 valence electrons. The quantitative estimate of drug-likeness (QED) is 0.931. The zero-order chi connectivity index (χ0) is 14.9. The summed E-state index contributed by atoms with van der Waals surface area (Å²) in [6, 6.07) is 4.51. The molecule has 0 spiro atoms. The second kappa shape index (κ2) is 5.59. The van der Waals surface area contributed by atoms with Crippen molar-refractivity contribution in [1.82, 2.24) is 4.98 Å². The van der Waals surface area contributed by atoms with Crippen LogP contribution in [0.2, 0.25) is 5.02 Å². The van der Waals surface area contributed by atoms with E-state index in [1.54, 1.807) is 0 Å². The number of thiazole rings is 1. The van der Waals surface area contributed by atoms with Gasteiger partial charge in [0.05, 0.1) is 17.0 Å². The summed E-state index contributed by atoms with van der Waals surface area (Å²) in [6.07, 6.45) is -4.72. The highest BCUT2D eigenvalue weighted by Gasteiger charge is 2.35. The smallest absolute Gasteiger partial charge is 0.443 e. The van der Waals surface area contributed by atoms with Crippen LogP contribution >= 0.6 is 22.9 Å². The Morgan fingerprint density at radius 1 is 1.40 bits per heavy atom. The number of hydrogen-bond acceptors (Lipinski definition) is 4. The Morgan fingerprint density at radius 2 is 2.10 bits per heavy atom. The van der Waals surface area contributed by atoms with Crippen LogP contribution in [0.5, 0.6) is 5.75 Å². The first-order valence-corrected chi connectivity index (χ1v) is 6.57. The molecule has 0 amide bonds. The largest absolute Gasteiger partial charge is 0.495 e. The summed E-state index contributed by atoms with van der Waals surface area (Å²) < 4.78 is 42.3. The lowest BCUT2D eigenvalue weighted by atomic mass is 10.1. The molecule has 0 aliphatic rings. The molecule has 1 aromatic heterocycles. The van der Waals surface area contributed by atoms with Gasteiger partial charge < -0.3 is 9.84 Å². The lowest BCUT2D eigenvalue weighted by Gasteiger charge is -2.10. The molecular weight excluding hydrogens is 315 g/mol. The minimum absolute atomic E-state index is 0.0959. The molecule has 0 aliphatic heterocycles. The number of hydrogen-bond donors (Lipinski definition) is 1. The molecule has 1 heterocycles. The highest BCUT2D eigenvalue weighted by atomic mass is 35.5. The average Bonchev–Trinajstić information content (AvgIpc) is 2.87. The fourth-order valence-electron chi connectivity index (χ4n) is 1.56. The van der Waals surface area contributed by atoms with Gasteiger partial charge in [-0.05, 0) is 17.7 Å². The van der Waals surface area contributed by atoms with Crippen LogP contribution in [0.3, 0.4) is 0 Å². The maximum Gasteiger partial charge on any atom is 0.443 e. The minimum Gasteiger partial charge on any atom is -0.495 e. The van der Waals surface area contributed by atoms with Gasteiger partial charge in [-0.15, -0.1) is 11.3 Å². The van der Waals surface area contributed by atoms with E-state index < -0.39 is 17.3 Å². The van der Waals surface area contributed by atoms with Crippen LogP contribution in [-0.4, -0.2) is 17.2 Å². The first-order chi connectivity index (χ1) is 9.32. The number of ether oxygens (including phenoxy) is 1. The molecule has 20 heavy (non-hydrogen) atoms. The summed E-state index contributed by atoms with van der Waals surface area (Å²) in [6.45, 7) is 0. The Hall–Kier alpha value is -1.31. The van der Waals surface area contributed by atoms with Crippen molar-refractivity contribution in [2.75, 3.05) is 7.11 Å². The molecule has 0 saturated heterocycles. The molecule has 1 unspecified atom stereocenters. The Bertz CT molecular complexity index is 615. The molecule has 1 atom stereocenters. The highest BCUT2D eigenvalue weighted by Crippen LogP contribution is 2.37. The van der Waals surface area contributed by atoms with E-state index in [9.17, 15) is 18.3 Å². The zero-order valence-electron chi connectivity index (χ0n) is 10.1. The van der Waals surface area contributed by atoms with Crippen molar-refractivity contribution in [3.05, 3.63) is 44.9 Å². The number of aromatic nitrogens is 1. The third kappa shape index (κ3) is 3.05. The predicted octanol–water partition coefficient (Wildman–Crippen LogP) is 3.91. The van der Waals surface area contributed by atoms with Crippen LogP contribution in [0, 0.1) is 0 Å². The average molecular weight is 324 g/mol. The van der Waals surface area contributed by atoms with Gasteiger partial charge in [-0.1, -0.05) is 17.7 Å². The van der Waals surface area contributed by atoms with Gasteiger partial charge in [0, 0.05) is 6.20 Å². The number of aliphatic hydroxyl groups is 1. The lowest BCUT2D eigenvalue weighted by molar-refractivity contribution is -0.137. The second-order valence-electron chi connectivity index (χ2n) is 3.86. The number of nitrogens with zero attached hydrogens (tertiary/aromatic N) is 1. The zero-order valence-corrected chi connectivity index (χ0v) is 11.7. The molecule has 1 N–H and O–H groups in total. The van der Waals surface area contributed by atoms with E-state index in [1.807, 2.05) is 0 Å². The van der Waals surface area contributed by atoms with Gasteiger partial charge in [-0.25, -0.2) is 4.98 Å². The van der Waals surface area contributed by atoms with Crippen molar-refractivity contribution in [2.45, 2.75) is 12.3 Å². The van der Waals surface area contributed by atoms with Gasteiger partial charge in [0.15, 0.2) is 5.01 Å². The first-order valence-electron chi connectivity index (χ1n) is 5.37. The number of methoxy groups -OCH3 is 1. The van der Waals surface area contributed by atoms with E-state index in [2.05, 4.69) is 4.98 Å². The maximum absolute atomic E-state index is 12.5. The standard InChI is InChI=1S/C12H9ClF3NO2S/c1-19-8-3-2-6(4-7(8)13)10(18)9-5-17-11(20-9)12(14,15)16/h2-5,10,18H,1H3. The number of rotatable bonds is 3. The van der Waals surface area contributed by atoms with Crippen molar-refractivity contribution in [3.8, 4) is 5.75 Å². The monoisotopic (exact) mass is 323 g/mol. The van der Waals surface area contributed by atoms with Crippen molar-refractivity contribution >= 4 is 22.9 Å². The number of alkyl halides is 3. The summed E-state index contributed by atoms with van der Waals surface area (Å²) in [4.78, 5) is 3.36. The van der Waals surface area contributed by atoms with Crippen LogP contribution in [0.15, 0.2) is 24.4 Å². The van der Waals surface area contributed by atoms with Gasteiger partial charge in [0.25, 0.3) is 0 Å². The summed E-state index contributed by atoms with van der Waals surface area (Å²) >= 11 is 6.31. The third-order valence-electron chi connectivity index (χ3n) is 2.53. The molecule has 0 saturated carbocycles. The summed E-state index contributed by atoms with van der Waals surface area (Å²) in [5.74, 6) is 0.419. The van der Waals surface area contributed by atoms with Crippen LogP contribution in [0.25, 0.3) is 0 Å². The number of benzene rings is 1. The topological polar surface area (TPSA) is 42.4 Å². The number of aliphatic hydroxyl groups excluding tert-OH is 1. The number of halogens is 4. The molecule has 1 aromatic carbocycles. The Kier molecular flexibility index (Phi) is 4.22. The summed E-state index contributed by atoms with van der Waals surface area (Å²) in [5, 5.41) is 9.34. The fourth-order valence-corrected chi connectivity index (χ4v) is 2.62. The fraction of sp³-hybridized carbons (Fsp3) is 0.250. The van der Waals surface area contributed by atoms with E-state index in [0.717, 1.165) is 6.20 Å². The van der Waals surface area contributed by atoms with E-state index in [0.29, 0.717) is 22.6 Å². The normalized spacial score (nSPS) is 13.3. The van der Waals surface area contributed by atoms with Crippen molar-refractivity contribution in [3.63, 3.8) is 0 Å². The van der Waals surface area contributed by atoms with Crippen LogP contribution in [0.1, 0.15) is 21.6 Å². The van der Waals surface area contributed by atoms with Crippen molar-refractivity contribution < 1.29 is 23.0 Å². The Labute approximate surface area is 121 Å². The molecule has 3 nitrogen and oxygen atoms in total. The molecule has 2 rings (SSSR count). The van der Waals surface area contributed by atoms with Crippen LogP contribution < -0.4 is 4.74 Å². The van der Waals surface area contributed by atoms with E-state index in [1.165, 1.54) is 25.3 Å². The molecule has 0 radical (unpaired) electrons. The Morgan fingerprint density at radius 3 is 2.60 bits per heavy atom. The second-order valence-corrected chi connectivity index (χ2v) is 5.33. The molecule has 0 fully saturated rings. The van der Waals surface area contributed by atoms with Gasteiger partial charge in [0.2, 0.25) is 0 Å². The molecular formula is C12H9ClF3NO2S. The van der Waals surface area contributed by atoms with E-state index in [-0.39, 0.29) is 9.90 Å².